The first-order chi connectivity index (χ1) is 13.2. The van der Waals surface area contributed by atoms with Gasteiger partial charge in [-0.05, 0) is 51.3 Å². The standard InChI is InChI=1S/C21H28FN3O3/c1-20(2,3)28-19(26)25-11-13-6-5-7-14(12-25)21(13,27-4)17-8-15(22)9-18-16(17)10-23-24-18/h8-10,13-14H,5-7,11-12H2,1-4H3,(H,23,24). The fourth-order valence-electron chi connectivity index (χ4n) is 5.13. The average molecular weight is 389 g/mol. The summed E-state index contributed by atoms with van der Waals surface area (Å²) in [6.07, 6.45) is 4.36. The number of amides is 1. The maximum atomic E-state index is 14.4. The number of hydrogen-bond acceptors (Lipinski definition) is 4. The number of rotatable bonds is 2. The van der Waals surface area contributed by atoms with Crippen LogP contribution in [0.15, 0.2) is 18.3 Å². The first kappa shape index (κ1) is 19.2. The molecule has 1 amide bonds. The molecule has 1 saturated carbocycles. The summed E-state index contributed by atoms with van der Waals surface area (Å²) in [5.41, 5.74) is 0.324. The zero-order valence-corrected chi connectivity index (χ0v) is 16.9. The van der Waals surface area contributed by atoms with E-state index in [1.165, 1.54) is 6.07 Å². The van der Waals surface area contributed by atoms with Gasteiger partial charge in [-0.25, -0.2) is 9.18 Å². The van der Waals surface area contributed by atoms with Crippen LogP contribution in [0.2, 0.25) is 0 Å². The van der Waals surface area contributed by atoms with Crippen molar-refractivity contribution in [2.45, 2.75) is 51.2 Å². The number of aromatic amines is 1. The molecule has 2 heterocycles. The zero-order valence-electron chi connectivity index (χ0n) is 16.9. The van der Waals surface area contributed by atoms with E-state index in [4.69, 9.17) is 9.47 Å². The normalized spacial score (nSPS) is 27.8. The summed E-state index contributed by atoms with van der Waals surface area (Å²) in [7, 11) is 1.70. The molecule has 6 nitrogen and oxygen atoms in total. The smallest absolute Gasteiger partial charge is 0.410 e. The summed E-state index contributed by atoms with van der Waals surface area (Å²) in [6.45, 7) is 6.69. The van der Waals surface area contributed by atoms with E-state index in [1.807, 2.05) is 20.8 Å². The van der Waals surface area contributed by atoms with Gasteiger partial charge in [-0.3, -0.25) is 5.10 Å². The van der Waals surface area contributed by atoms with Gasteiger partial charge in [-0.1, -0.05) is 6.42 Å². The highest BCUT2D eigenvalue weighted by atomic mass is 19.1. The molecule has 2 aromatic rings. The minimum atomic E-state index is -0.638. The van der Waals surface area contributed by atoms with Crippen LogP contribution in [0.5, 0.6) is 0 Å². The highest BCUT2D eigenvalue weighted by molar-refractivity contribution is 5.83. The molecule has 1 N–H and O–H groups in total. The van der Waals surface area contributed by atoms with Gasteiger partial charge in [0.25, 0.3) is 0 Å². The van der Waals surface area contributed by atoms with Crippen LogP contribution in [0.4, 0.5) is 9.18 Å². The summed E-state index contributed by atoms with van der Waals surface area (Å²) >= 11 is 0. The lowest BCUT2D eigenvalue weighted by Crippen LogP contribution is -2.60. The third kappa shape index (κ3) is 3.05. The molecule has 0 radical (unpaired) electrons. The van der Waals surface area contributed by atoms with E-state index in [9.17, 15) is 9.18 Å². The second-order valence-corrected chi connectivity index (χ2v) is 8.99. The Kier molecular flexibility index (Phi) is 4.61. The Morgan fingerprint density at radius 1 is 1.29 bits per heavy atom. The number of benzene rings is 1. The molecule has 2 atom stereocenters. The molecule has 7 heteroatoms. The number of carbonyl (C=O) groups excluding carboxylic acids is 1. The molecule has 1 aromatic carbocycles. The molecule has 2 bridgehead atoms. The maximum absolute atomic E-state index is 14.4. The predicted octanol–water partition coefficient (Wildman–Crippen LogP) is 4.21. The lowest BCUT2D eigenvalue weighted by Gasteiger charge is -2.55. The van der Waals surface area contributed by atoms with E-state index >= 15 is 0 Å². The summed E-state index contributed by atoms with van der Waals surface area (Å²) < 4.78 is 26.2. The van der Waals surface area contributed by atoms with Gasteiger partial charge in [0, 0.05) is 37.4 Å². The number of methoxy groups -OCH3 is 1. The van der Waals surface area contributed by atoms with E-state index in [-0.39, 0.29) is 23.7 Å². The molecule has 1 aliphatic heterocycles. The minimum Gasteiger partial charge on any atom is -0.444 e. The van der Waals surface area contributed by atoms with E-state index in [2.05, 4.69) is 10.2 Å². The number of piperidine rings is 1. The molecule has 4 rings (SSSR count). The lowest BCUT2D eigenvalue weighted by molar-refractivity contribution is -0.165. The second kappa shape index (κ2) is 6.72. The van der Waals surface area contributed by atoms with Crippen molar-refractivity contribution in [3.8, 4) is 0 Å². The first-order valence-electron chi connectivity index (χ1n) is 9.91. The lowest BCUT2D eigenvalue weighted by atomic mass is 9.62. The van der Waals surface area contributed by atoms with Crippen LogP contribution < -0.4 is 0 Å². The first-order valence-corrected chi connectivity index (χ1v) is 9.91. The van der Waals surface area contributed by atoms with Crippen molar-refractivity contribution in [2.75, 3.05) is 20.2 Å². The highest BCUT2D eigenvalue weighted by Crippen LogP contribution is 2.53. The van der Waals surface area contributed by atoms with Crippen LogP contribution >= 0.6 is 0 Å². The molecule has 28 heavy (non-hydrogen) atoms. The van der Waals surface area contributed by atoms with Crippen molar-refractivity contribution in [1.29, 1.82) is 0 Å². The number of halogens is 1. The molecule has 2 unspecified atom stereocenters. The number of nitrogens with zero attached hydrogens (tertiary/aromatic N) is 2. The quantitative estimate of drug-likeness (QED) is 0.835. The fraction of sp³-hybridized carbons (Fsp3) is 0.619. The van der Waals surface area contributed by atoms with Crippen molar-refractivity contribution >= 4 is 17.0 Å². The van der Waals surface area contributed by atoms with Crippen molar-refractivity contribution in [2.24, 2.45) is 11.8 Å². The molecule has 1 saturated heterocycles. The van der Waals surface area contributed by atoms with Crippen molar-refractivity contribution in [1.82, 2.24) is 15.1 Å². The van der Waals surface area contributed by atoms with Gasteiger partial charge < -0.3 is 14.4 Å². The zero-order chi connectivity index (χ0) is 20.1. The van der Waals surface area contributed by atoms with E-state index in [0.29, 0.717) is 18.6 Å². The summed E-state index contributed by atoms with van der Waals surface area (Å²) in [6, 6.07) is 3.04. The Labute approximate surface area is 164 Å². The van der Waals surface area contributed by atoms with Gasteiger partial charge in [-0.15, -0.1) is 0 Å². The van der Waals surface area contributed by atoms with Gasteiger partial charge in [0.05, 0.1) is 11.7 Å². The number of fused-ring (bicyclic) bond motifs is 3. The summed E-state index contributed by atoms with van der Waals surface area (Å²) in [5.74, 6) is -0.175. The van der Waals surface area contributed by atoms with Crippen LogP contribution in [0.25, 0.3) is 10.9 Å². The summed E-state index contributed by atoms with van der Waals surface area (Å²) in [4.78, 5) is 14.5. The van der Waals surface area contributed by atoms with Gasteiger partial charge in [0.2, 0.25) is 0 Å². The molecule has 0 spiro atoms. The topological polar surface area (TPSA) is 67.5 Å². The van der Waals surface area contributed by atoms with Crippen LogP contribution in [0, 0.1) is 17.7 Å². The van der Waals surface area contributed by atoms with E-state index in [0.717, 1.165) is 30.2 Å². The van der Waals surface area contributed by atoms with E-state index in [1.54, 1.807) is 24.3 Å². The SMILES string of the molecule is COC1(c2cc(F)cc3[nH]ncc23)C2CCCC1CN(C(=O)OC(C)(C)C)C2. The third-order valence-electron chi connectivity index (χ3n) is 6.13. The molecule has 1 aliphatic carbocycles. The van der Waals surface area contributed by atoms with Crippen LogP contribution in [-0.4, -0.2) is 47.0 Å². The maximum Gasteiger partial charge on any atom is 0.410 e. The number of hydrogen-bond donors (Lipinski definition) is 1. The average Bonchev–Trinajstić information content (AvgIpc) is 3.06. The number of likely N-dealkylation sites (tertiary alicyclic amines) is 1. The Bertz CT molecular complexity index is 875. The molecular formula is C21H28FN3O3. The summed E-state index contributed by atoms with van der Waals surface area (Å²) in [5, 5.41) is 7.86. The van der Waals surface area contributed by atoms with Gasteiger partial charge in [0.1, 0.15) is 17.0 Å². The molecular weight excluding hydrogens is 361 g/mol. The Morgan fingerprint density at radius 3 is 2.57 bits per heavy atom. The van der Waals surface area contributed by atoms with Crippen molar-refractivity contribution in [3.63, 3.8) is 0 Å². The Morgan fingerprint density at radius 2 is 1.96 bits per heavy atom. The fourth-order valence-corrected chi connectivity index (χ4v) is 5.13. The number of nitrogens with one attached hydrogen (secondary N) is 1. The molecule has 2 fully saturated rings. The van der Waals surface area contributed by atoms with Crippen LogP contribution in [0.1, 0.15) is 45.6 Å². The largest absolute Gasteiger partial charge is 0.444 e. The molecule has 152 valence electrons. The van der Waals surface area contributed by atoms with E-state index < -0.39 is 11.2 Å². The second-order valence-electron chi connectivity index (χ2n) is 8.99. The Balaban J connectivity index is 1.74. The Hall–Kier alpha value is -2.15. The van der Waals surface area contributed by atoms with Gasteiger partial charge in [-0.2, -0.15) is 5.10 Å². The molecule has 1 aromatic heterocycles. The van der Waals surface area contributed by atoms with Crippen LogP contribution in [0.3, 0.4) is 0 Å². The highest BCUT2D eigenvalue weighted by Gasteiger charge is 2.55. The minimum absolute atomic E-state index is 0.0671. The van der Waals surface area contributed by atoms with Crippen molar-refractivity contribution in [3.05, 3.63) is 29.7 Å². The van der Waals surface area contributed by atoms with Crippen LogP contribution in [-0.2, 0) is 15.1 Å². The third-order valence-corrected chi connectivity index (χ3v) is 6.13. The number of H-pyrrole nitrogens is 1. The van der Waals surface area contributed by atoms with Gasteiger partial charge in [0.15, 0.2) is 0 Å². The number of carbonyl (C=O) groups is 1. The monoisotopic (exact) mass is 389 g/mol. The van der Waals surface area contributed by atoms with Crippen molar-refractivity contribution < 1.29 is 18.7 Å². The number of aromatic nitrogens is 2. The number of ether oxygens (including phenoxy) is 2. The van der Waals surface area contributed by atoms with Gasteiger partial charge >= 0.3 is 6.09 Å². The predicted molar refractivity (Wildman–Crippen MR) is 103 cm³/mol. The molecule has 2 aliphatic rings.